The van der Waals surface area contributed by atoms with E-state index in [0.717, 1.165) is 24.3 Å². The van der Waals surface area contributed by atoms with E-state index in [9.17, 15) is 30.8 Å². The van der Waals surface area contributed by atoms with Gasteiger partial charge in [-0.1, -0.05) is 6.07 Å². The number of hydrogen-bond acceptors (Lipinski definition) is 4. The van der Waals surface area contributed by atoms with Crippen LogP contribution in [0.15, 0.2) is 47.4 Å². The van der Waals surface area contributed by atoms with Gasteiger partial charge in [0.1, 0.15) is 5.82 Å². The molecule has 3 rings (SSSR count). The number of rotatable bonds is 5. The van der Waals surface area contributed by atoms with E-state index < -0.39 is 27.6 Å². The Kier molecular flexibility index (Phi) is 6.68. The van der Waals surface area contributed by atoms with Crippen LogP contribution in [0.2, 0.25) is 0 Å². The van der Waals surface area contributed by atoms with Gasteiger partial charge < -0.3 is 5.32 Å². The monoisotopic (exact) mass is 459 g/mol. The molecule has 0 aromatic heterocycles. The van der Waals surface area contributed by atoms with Crippen LogP contribution in [0.4, 0.5) is 23.2 Å². The fourth-order valence-electron chi connectivity index (χ4n) is 3.17. The number of amides is 1. The Morgan fingerprint density at radius 2 is 1.65 bits per heavy atom. The third-order valence-electron chi connectivity index (χ3n) is 4.97. The van der Waals surface area contributed by atoms with Crippen LogP contribution in [-0.2, 0) is 21.0 Å². The molecular weight excluding hydrogens is 438 g/mol. The van der Waals surface area contributed by atoms with Crippen LogP contribution in [0.5, 0.6) is 0 Å². The quantitative estimate of drug-likeness (QED) is 0.698. The molecule has 11 heteroatoms. The Balaban J connectivity index is 1.55. The topological polar surface area (TPSA) is 69.7 Å². The van der Waals surface area contributed by atoms with Crippen molar-refractivity contribution in [2.45, 2.75) is 18.0 Å². The van der Waals surface area contributed by atoms with Gasteiger partial charge >= 0.3 is 6.18 Å². The number of sulfonamides is 1. The van der Waals surface area contributed by atoms with Gasteiger partial charge in [-0.3, -0.25) is 9.69 Å². The van der Waals surface area contributed by atoms with Crippen LogP contribution in [0.1, 0.15) is 11.1 Å². The number of nitrogens with one attached hydrogen (secondary N) is 1. The molecule has 2 aromatic rings. The minimum absolute atomic E-state index is 0.00363. The van der Waals surface area contributed by atoms with Crippen molar-refractivity contribution < 1.29 is 30.8 Å². The summed E-state index contributed by atoms with van der Waals surface area (Å²) in [5.74, 6) is -0.790. The van der Waals surface area contributed by atoms with E-state index in [-0.39, 0.29) is 43.5 Å². The molecule has 1 saturated heterocycles. The van der Waals surface area contributed by atoms with Gasteiger partial charge in [-0.2, -0.15) is 17.5 Å². The lowest BCUT2D eigenvalue weighted by atomic mass is 10.2. The van der Waals surface area contributed by atoms with E-state index in [4.69, 9.17) is 0 Å². The maximum Gasteiger partial charge on any atom is 0.416 e. The molecule has 0 saturated carbocycles. The summed E-state index contributed by atoms with van der Waals surface area (Å²) in [6, 6.07) is 7.72. The number of piperazine rings is 1. The molecule has 0 atom stereocenters. The predicted octanol–water partition coefficient (Wildman–Crippen LogP) is 3.10. The second-order valence-corrected chi connectivity index (χ2v) is 9.15. The van der Waals surface area contributed by atoms with Crippen molar-refractivity contribution in [3.63, 3.8) is 0 Å². The van der Waals surface area contributed by atoms with Crippen LogP contribution < -0.4 is 5.32 Å². The number of carbonyl (C=O) groups is 1. The lowest BCUT2D eigenvalue weighted by molar-refractivity contribution is -0.137. The highest BCUT2D eigenvalue weighted by Crippen LogP contribution is 2.30. The first kappa shape index (κ1) is 23.2. The first-order chi connectivity index (χ1) is 14.5. The van der Waals surface area contributed by atoms with Gasteiger partial charge in [0.05, 0.1) is 17.0 Å². The highest BCUT2D eigenvalue weighted by molar-refractivity contribution is 7.89. The molecule has 0 radical (unpaired) electrons. The molecule has 1 aliphatic heterocycles. The molecule has 1 heterocycles. The van der Waals surface area contributed by atoms with Crippen molar-refractivity contribution in [3.8, 4) is 0 Å². The van der Waals surface area contributed by atoms with Gasteiger partial charge in [0, 0.05) is 31.9 Å². The maximum atomic E-state index is 13.6. The Morgan fingerprint density at radius 3 is 2.19 bits per heavy atom. The zero-order chi connectivity index (χ0) is 22.8. The lowest BCUT2D eigenvalue weighted by Gasteiger charge is -2.33. The lowest BCUT2D eigenvalue weighted by Crippen LogP contribution is -2.50. The second kappa shape index (κ2) is 8.93. The zero-order valence-corrected chi connectivity index (χ0v) is 17.4. The first-order valence-corrected chi connectivity index (χ1v) is 10.9. The van der Waals surface area contributed by atoms with E-state index in [1.54, 1.807) is 24.0 Å². The fraction of sp³-hybridized carbons (Fsp3) is 0.350. The third-order valence-corrected chi connectivity index (χ3v) is 6.89. The SMILES string of the molecule is Cc1ccc(NC(=O)CN2CCN(S(=O)(=O)c3ccc(C(F)(F)F)cc3)CC2)cc1F. The summed E-state index contributed by atoms with van der Waals surface area (Å²) in [7, 11) is -3.94. The summed E-state index contributed by atoms with van der Waals surface area (Å²) >= 11 is 0. The number of anilines is 1. The summed E-state index contributed by atoms with van der Waals surface area (Å²) in [5.41, 5.74) is -0.129. The number of nitrogens with zero attached hydrogens (tertiary/aromatic N) is 2. The van der Waals surface area contributed by atoms with Crippen LogP contribution in [0.3, 0.4) is 0 Å². The molecule has 2 aromatic carbocycles. The Bertz CT molecular complexity index is 1050. The van der Waals surface area contributed by atoms with Crippen LogP contribution >= 0.6 is 0 Å². The molecule has 0 spiro atoms. The molecule has 1 N–H and O–H groups in total. The maximum absolute atomic E-state index is 13.6. The van der Waals surface area contributed by atoms with E-state index in [2.05, 4.69) is 5.32 Å². The molecule has 0 bridgehead atoms. The van der Waals surface area contributed by atoms with Gasteiger partial charge in [0.15, 0.2) is 0 Å². The third kappa shape index (κ3) is 5.60. The van der Waals surface area contributed by atoms with Crippen molar-refractivity contribution in [2.75, 3.05) is 38.0 Å². The second-order valence-electron chi connectivity index (χ2n) is 7.21. The normalized spacial score (nSPS) is 16.3. The van der Waals surface area contributed by atoms with Gasteiger partial charge in [0.2, 0.25) is 15.9 Å². The molecule has 0 aliphatic carbocycles. The number of carbonyl (C=O) groups excluding carboxylic acids is 1. The van der Waals surface area contributed by atoms with Crippen molar-refractivity contribution >= 4 is 21.6 Å². The number of benzene rings is 2. The molecule has 1 aliphatic rings. The average molecular weight is 459 g/mol. The zero-order valence-electron chi connectivity index (χ0n) is 16.6. The highest BCUT2D eigenvalue weighted by atomic mass is 32.2. The minimum atomic E-state index is -4.54. The molecule has 31 heavy (non-hydrogen) atoms. The largest absolute Gasteiger partial charge is 0.416 e. The molecule has 0 unspecified atom stereocenters. The Hall–Kier alpha value is -2.50. The minimum Gasteiger partial charge on any atom is -0.325 e. The molecule has 1 fully saturated rings. The number of aryl methyl sites for hydroxylation is 1. The smallest absolute Gasteiger partial charge is 0.325 e. The van der Waals surface area contributed by atoms with E-state index >= 15 is 0 Å². The molecule has 168 valence electrons. The molecular formula is C20H21F4N3O3S. The van der Waals surface area contributed by atoms with Crippen molar-refractivity contribution in [1.82, 2.24) is 9.21 Å². The van der Waals surface area contributed by atoms with Crippen LogP contribution in [0.25, 0.3) is 0 Å². The first-order valence-electron chi connectivity index (χ1n) is 9.42. The van der Waals surface area contributed by atoms with Gasteiger partial charge in [-0.15, -0.1) is 0 Å². The summed E-state index contributed by atoms with van der Waals surface area (Å²) < 4.78 is 78.2. The molecule has 6 nitrogen and oxygen atoms in total. The summed E-state index contributed by atoms with van der Waals surface area (Å²) in [6.45, 7) is 2.35. The van der Waals surface area contributed by atoms with Gasteiger partial charge in [-0.25, -0.2) is 12.8 Å². The Morgan fingerprint density at radius 1 is 1.03 bits per heavy atom. The van der Waals surface area contributed by atoms with E-state index in [0.29, 0.717) is 11.3 Å². The van der Waals surface area contributed by atoms with Gasteiger partial charge in [-0.05, 0) is 48.9 Å². The number of hydrogen-bond donors (Lipinski definition) is 1. The van der Waals surface area contributed by atoms with E-state index in [1.165, 1.54) is 10.4 Å². The fourth-order valence-corrected chi connectivity index (χ4v) is 4.59. The van der Waals surface area contributed by atoms with Crippen LogP contribution in [0, 0.1) is 12.7 Å². The summed E-state index contributed by atoms with van der Waals surface area (Å²) in [6.07, 6.45) is -4.54. The average Bonchev–Trinajstić information content (AvgIpc) is 2.70. The van der Waals surface area contributed by atoms with Crippen molar-refractivity contribution in [2.24, 2.45) is 0 Å². The summed E-state index contributed by atoms with van der Waals surface area (Å²) in [4.78, 5) is 13.7. The van der Waals surface area contributed by atoms with Crippen molar-refractivity contribution in [1.29, 1.82) is 0 Å². The number of alkyl halides is 3. The van der Waals surface area contributed by atoms with Crippen LogP contribution in [-0.4, -0.2) is 56.3 Å². The Labute approximate surface area is 177 Å². The van der Waals surface area contributed by atoms with Crippen molar-refractivity contribution in [3.05, 3.63) is 59.4 Å². The standard InChI is InChI=1S/C20H21F4N3O3S/c1-14-2-5-16(12-18(14)21)25-19(28)13-26-8-10-27(11-9-26)31(29,30)17-6-3-15(4-7-17)20(22,23)24/h2-7,12H,8-11,13H2,1H3,(H,25,28). The van der Waals surface area contributed by atoms with E-state index in [1.807, 2.05) is 0 Å². The van der Waals surface area contributed by atoms with Gasteiger partial charge in [0.25, 0.3) is 0 Å². The predicted molar refractivity (Wildman–Crippen MR) is 106 cm³/mol. The summed E-state index contributed by atoms with van der Waals surface area (Å²) in [5, 5.41) is 2.60. The highest BCUT2D eigenvalue weighted by Gasteiger charge is 2.32. The molecule has 1 amide bonds. The number of halogens is 4.